The number of hydrogen-bond acceptors (Lipinski definition) is 5. The van der Waals surface area contributed by atoms with Crippen LogP contribution in [0.1, 0.15) is 23.7 Å². The molecule has 1 aromatic rings. The van der Waals surface area contributed by atoms with Gasteiger partial charge in [0.05, 0.1) is 5.56 Å². The zero-order valence-electron chi connectivity index (χ0n) is 8.97. The van der Waals surface area contributed by atoms with Gasteiger partial charge in [-0.1, -0.05) is 19.1 Å². The minimum atomic E-state index is -0.783. The van der Waals surface area contributed by atoms with Crippen LogP contribution in [-0.2, 0) is 9.53 Å². The molecule has 4 N–H and O–H groups in total. The van der Waals surface area contributed by atoms with E-state index in [0.717, 1.165) is 0 Å². The van der Waals surface area contributed by atoms with Crippen molar-refractivity contribution in [2.75, 3.05) is 5.73 Å². The highest BCUT2D eigenvalue weighted by Gasteiger charge is 2.19. The zero-order chi connectivity index (χ0) is 12.1. The standard InChI is InChI=1S/C11H14N2O3/c1-2-8(12)11(15)16-10(14)7-5-3-4-6-9(7)13/h3-6,8H,2,12-13H2,1H3. The van der Waals surface area contributed by atoms with Gasteiger partial charge in [0.1, 0.15) is 6.04 Å². The van der Waals surface area contributed by atoms with E-state index in [2.05, 4.69) is 4.74 Å². The normalized spacial score (nSPS) is 11.9. The van der Waals surface area contributed by atoms with Crippen molar-refractivity contribution in [3.8, 4) is 0 Å². The molecule has 1 rings (SSSR count). The number of hydrogen-bond donors (Lipinski definition) is 2. The van der Waals surface area contributed by atoms with Crippen LogP contribution in [0.2, 0.25) is 0 Å². The van der Waals surface area contributed by atoms with E-state index in [1.807, 2.05) is 0 Å². The Morgan fingerprint density at radius 2 is 2.00 bits per heavy atom. The number of para-hydroxylation sites is 1. The topological polar surface area (TPSA) is 95.4 Å². The zero-order valence-corrected chi connectivity index (χ0v) is 8.97. The SMILES string of the molecule is CCC(N)C(=O)OC(=O)c1ccccc1N. The Balaban J connectivity index is 2.74. The molecule has 0 saturated carbocycles. The third-order valence-corrected chi connectivity index (χ3v) is 2.12. The van der Waals surface area contributed by atoms with Crippen molar-refractivity contribution < 1.29 is 14.3 Å². The maximum absolute atomic E-state index is 11.5. The Bertz CT molecular complexity index is 404. The highest BCUT2D eigenvalue weighted by Crippen LogP contribution is 2.12. The summed E-state index contributed by atoms with van der Waals surface area (Å²) in [5.74, 6) is -1.51. The molecule has 0 aromatic heterocycles. The summed E-state index contributed by atoms with van der Waals surface area (Å²) in [6, 6.07) is 5.58. The number of carbonyl (C=O) groups is 2. The number of benzene rings is 1. The van der Waals surface area contributed by atoms with Gasteiger partial charge in [-0.3, -0.25) is 0 Å². The van der Waals surface area contributed by atoms with Gasteiger partial charge in [0.15, 0.2) is 0 Å². The molecule has 0 spiro atoms. The maximum atomic E-state index is 11.5. The molecule has 0 amide bonds. The fourth-order valence-corrected chi connectivity index (χ4v) is 1.07. The number of anilines is 1. The van der Waals surface area contributed by atoms with Gasteiger partial charge in [0, 0.05) is 5.69 Å². The monoisotopic (exact) mass is 222 g/mol. The van der Waals surface area contributed by atoms with Crippen LogP contribution in [0, 0.1) is 0 Å². The summed E-state index contributed by atoms with van der Waals surface area (Å²) in [6.07, 6.45) is 0.413. The first-order valence-electron chi connectivity index (χ1n) is 4.92. The van der Waals surface area contributed by atoms with E-state index in [4.69, 9.17) is 11.5 Å². The van der Waals surface area contributed by atoms with E-state index in [-0.39, 0.29) is 11.3 Å². The largest absolute Gasteiger partial charge is 0.398 e. The Labute approximate surface area is 93.4 Å². The minimum absolute atomic E-state index is 0.166. The summed E-state index contributed by atoms with van der Waals surface area (Å²) in [5.41, 5.74) is 11.4. The van der Waals surface area contributed by atoms with E-state index in [9.17, 15) is 9.59 Å². The van der Waals surface area contributed by atoms with Gasteiger partial charge >= 0.3 is 11.9 Å². The van der Waals surface area contributed by atoms with Crippen molar-refractivity contribution in [3.05, 3.63) is 29.8 Å². The van der Waals surface area contributed by atoms with Crippen molar-refractivity contribution in [1.82, 2.24) is 0 Å². The molecule has 0 aliphatic carbocycles. The Hall–Kier alpha value is -1.88. The van der Waals surface area contributed by atoms with E-state index in [0.29, 0.717) is 6.42 Å². The first-order valence-corrected chi connectivity index (χ1v) is 4.92. The van der Waals surface area contributed by atoms with Crippen molar-refractivity contribution >= 4 is 17.6 Å². The van der Waals surface area contributed by atoms with Crippen molar-refractivity contribution in [2.24, 2.45) is 5.73 Å². The average Bonchev–Trinajstić information content (AvgIpc) is 2.28. The predicted octanol–water partition coefficient (Wildman–Crippen LogP) is 0.690. The smallest absolute Gasteiger partial charge is 0.347 e. The number of ether oxygens (including phenoxy) is 1. The van der Waals surface area contributed by atoms with E-state index in [1.54, 1.807) is 25.1 Å². The summed E-state index contributed by atoms with van der Waals surface area (Å²) in [6.45, 7) is 1.73. The molecule has 0 radical (unpaired) electrons. The van der Waals surface area contributed by atoms with Crippen LogP contribution in [0.4, 0.5) is 5.69 Å². The number of carbonyl (C=O) groups excluding carboxylic acids is 2. The van der Waals surface area contributed by atoms with Crippen molar-refractivity contribution in [1.29, 1.82) is 0 Å². The number of rotatable bonds is 3. The molecule has 5 nitrogen and oxygen atoms in total. The molecule has 1 atom stereocenters. The third-order valence-electron chi connectivity index (χ3n) is 2.12. The van der Waals surface area contributed by atoms with Crippen LogP contribution in [0.15, 0.2) is 24.3 Å². The second kappa shape index (κ2) is 5.27. The van der Waals surface area contributed by atoms with Crippen LogP contribution in [0.25, 0.3) is 0 Å². The molecular formula is C11H14N2O3. The average molecular weight is 222 g/mol. The van der Waals surface area contributed by atoms with Gasteiger partial charge in [-0.15, -0.1) is 0 Å². The minimum Gasteiger partial charge on any atom is -0.398 e. The molecule has 0 aliphatic heterocycles. The molecule has 0 aliphatic rings. The fourth-order valence-electron chi connectivity index (χ4n) is 1.07. The second-order valence-corrected chi connectivity index (χ2v) is 3.31. The van der Waals surface area contributed by atoms with Crippen LogP contribution in [0.5, 0.6) is 0 Å². The van der Waals surface area contributed by atoms with E-state index >= 15 is 0 Å². The highest BCUT2D eigenvalue weighted by molar-refractivity contribution is 6.01. The van der Waals surface area contributed by atoms with Crippen LogP contribution >= 0.6 is 0 Å². The van der Waals surface area contributed by atoms with E-state index in [1.165, 1.54) is 6.07 Å². The van der Waals surface area contributed by atoms with Gasteiger partial charge < -0.3 is 16.2 Å². The van der Waals surface area contributed by atoms with Crippen molar-refractivity contribution in [3.63, 3.8) is 0 Å². The number of nitrogen functional groups attached to an aromatic ring is 1. The predicted molar refractivity (Wildman–Crippen MR) is 59.5 cm³/mol. The van der Waals surface area contributed by atoms with Crippen LogP contribution in [0.3, 0.4) is 0 Å². The summed E-state index contributed by atoms with van der Waals surface area (Å²) in [7, 11) is 0. The van der Waals surface area contributed by atoms with E-state index < -0.39 is 18.0 Å². The van der Waals surface area contributed by atoms with Gasteiger partial charge in [-0.25, -0.2) is 9.59 Å². The van der Waals surface area contributed by atoms with Gasteiger partial charge in [-0.2, -0.15) is 0 Å². The molecule has 0 saturated heterocycles. The molecule has 0 bridgehead atoms. The van der Waals surface area contributed by atoms with Gasteiger partial charge in [0.25, 0.3) is 0 Å². The molecule has 0 fully saturated rings. The quantitative estimate of drug-likeness (QED) is 0.445. The third kappa shape index (κ3) is 2.80. The first-order chi connectivity index (χ1) is 7.56. The maximum Gasteiger partial charge on any atom is 0.347 e. The lowest BCUT2D eigenvalue weighted by atomic mass is 10.2. The molecule has 86 valence electrons. The lowest BCUT2D eigenvalue weighted by Crippen LogP contribution is -2.33. The number of esters is 2. The molecule has 1 unspecified atom stereocenters. The fraction of sp³-hybridized carbons (Fsp3) is 0.273. The Morgan fingerprint density at radius 3 is 2.56 bits per heavy atom. The molecular weight excluding hydrogens is 208 g/mol. The van der Waals surface area contributed by atoms with Crippen LogP contribution < -0.4 is 11.5 Å². The molecule has 0 heterocycles. The summed E-state index contributed by atoms with van der Waals surface area (Å²) < 4.78 is 4.59. The molecule has 1 aromatic carbocycles. The first kappa shape index (κ1) is 12.2. The lowest BCUT2D eigenvalue weighted by molar-refractivity contribution is -0.139. The van der Waals surface area contributed by atoms with Crippen molar-refractivity contribution in [2.45, 2.75) is 19.4 Å². The summed E-state index contributed by atoms with van der Waals surface area (Å²) in [5, 5.41) is 0. The Kier molecular flexibility index (Phi) is 4.02. The summed E-state index contributed by atoms with van der Waals surface area (Å²) in [4.78, 5) is 22.8. The Morgan fingerprint density at radius 1 is 1.38 bits per heavy atom. The second-order valence-electron chi connectivity index (χ2n) is 3.31. The van der Waals surface area contributed by atoms with Gasteiger partial charge in [-0.05, 0) is 18.6 Å². The highest BCUT2D eigenvalue weighted by atomic mass is 16.6. The molecule has 5 heteroatoms. The summed E-state index contributed by atoms with van der Waals surface area (Å²) >= 11 is 0. The van der Waals surface area contributed by atoms with Crippen LogP contribution in [-0.4, -0.2) is 18.0 Å². The van der Waals surface area contributed by atoms with Gasteiger partial charge in [0.2, 0.25) is 0 Å². The number of nitrogens with two attached hydrogens (primary N) is 2. The lowest BCUT2D eigenvalue weighted by Gasteiger charge is -2.08. The molecule has 16 heavy (non-hydrogen) atoms.